The fourth-order valence-corrected chi connectivity index (χ4v) is 2.46. The molecule has 0 aliphatic carbocycles. The fourth-order valence-electron chi connectivity index (χ4n) is 2.46. The van der Waals surface area contributed by atoms with Crippen molar-refractivity contribution in [2.45, 2.75) is 39.8 Å². The van der Waals surface area contributed by atoms with Crippen molar-refractivity contribution in [2.75, 3.05) is 6.61 Å². The quantitative estimate of drug-likeness (QED) is 0.887. The monoisotopic (exact) mass is 287 g/mol. The number of nitrogens with zero attached hydrogens (tertiary/aromatic N) is 2. The molecule has 0 aliphatic heterocycles. The lowest BCUT2D eigenvalue weighted by Gasteiger charge is -2.20. The Labute approximate surface area is 127 Å². The zero-order valence-electron chi connectivity index (χ0n) is 13.6. The summed E-state index contributed by atoms with van der Waals surface area (Å²) in [6.07, 6.45) is 2.07. The van der Waals surface area contributed by atoms with E-state index in [1.54, 1.807) is 0 Å². The largest absolute Gasteiger partial charge is 0.492 e. The SMILES string of the molecule is Cc1ccc(OCC(C)NC(C)c2cn(C)nc2C)cc1. The molecule has 2 unspecified atom stereocenters. The van der Waals surface area contributed by atoms with Crippen LogP contribution in [-0.4, -0.2) is 22.4 Å². The first-order chi connectivity index (χ1) is 9.95. The van der Waals surface area contributed by atoms with E-state index in [1.807, 2.05) is 30.8 Å². The first kappa shape index (κ1) is 15.6. The summed E-state index contributed by atoms with van der Waals surface area (Å²) in [7, 11) is 1.95. The van der Waals surface area contributed by atoms with Crippen molar-refractivity contribution < 1.29 is 4.74 Å². The molecule has 0 saturated heterocycles. The molecule has 21 heavy (non-hydrogen) atoms. The standard InChI is InChI=1S/C17H25N3O/c1-12-6-8-16(9-7-12)21-11-13(2)18-14(3)17-10-20(5)19-15(17)4/h6-10,13-14,18H,11H2,1-5H3. The minimum Gasteiger partial charge on any atom is -0.492 e. The number of ether oxygens (including phenoxy) is 1. The molecule has 0 saturated carbocycles. The molecule has 1 aromatic heterocycles. The van der Waals surface area contributed by atoms with E-state index in [1.165, 1.54) is 11.1 Å². The topological polar surface area (TPSA) is 39.1 Å². The number of nitrogens with one attached hydrogen (secondary N) is 1. The van der Waals surface area contributed by atoms with E-state index in [9.17, 15) is 0 Å². The normalized spacial score (nSPS) is 14.0. The van der Waals surface area contributed by atoms with Crippen LogP contribution in [0.2, 0.25) is 0 Å². The Morgan fingerprint density at radius 1 is 1.19 bits per heavy atom. The average Bonchev–Trinajstić information content (AvgIpc) is 2.77. The predicted molar refractivity (Wildman–Crippen MR) is 85.6 cm³/mol. The van der Waals surface area contributed by atoms with Crippen LogP contribution in [0, 0.1) is 13.8 Å². The van der Waals surface area contributed by atoms with E-state index in [2.05, 4.69) is 49.5 Å². The molecule has 2 rings (SSSR count). The van der Waals surface area contributed by atoms with Crippen LogP contribution in [0.5, 0.6) is 5.75 Å². The third-order valence-electron chi connectivity index (χ3n) is 3.57. The fraction of sp³-hybridized carbons (Fsp3) is 0.471. The summed E-state index contributed by atoms with van der Waals surface area (Å²) in [4.78, 5) is 0. The highest BCUT2D eigenvalue weighted by Crippen LogP contribution is 2.17. The summed E-state index contributed by atoms with van der Waals surface area (Å²) in [5, 5.41) is 7.94. The van der Waals surface area contributed by atoms with Gasteiger partial charge in [0.15, 0.2) is 0 Å². The van der Waals surface area contributed by atoms with E-state index in [0.29, 0.717) is 6.61 Å². The summed E-state index contributed by atoms with van der Waals surface area (Å²) in [5.41, 5.74) is 3.55. The maximum absolute atomic E-state index is 5.81. The van der Waals surface area contributed by atoms with Gasteiger partial charge in [0, 0.05) is 30.9 Å². The third kappa shape index (κ3) is 4.33. The summed E-state index contributed by atoms with van der Waals surface area (Å²) < 4.78 is 7.67. The summed E-state index contributed by atoms with van der Waals surface area (Å²) in [6, 6.07) is 8.67. The van der Waals surface area contributed by atoms with Crippen LogP contribution >= 0.6 is 0 Å². The Morgan fingerprint density at radius 3 is 2.43 bits per heavy atom. The van der Waals surface area contributed by atoms with Gasteiger partial charge in [-0.1, -0.05) is 17.7 Å². The second kappa shape index (κ2) is 6.76. The number of rotatable bonds is 6. The number of aromatic nitrogens is 2. The van der Waals surface area contributed by atoms with Crippen molar-refractivity contribution in [1.82, 2.24) is 15.1 Å². The molecule has 4 heteroatoms. The van der Waals surface area contributed by atoms with E-state index in [0.717, 1.165) is 11.4 Å². The minimum atomic E-state index is 0.260. The molecular weight excluding hydrogens is 262 g/mol. The Bertz CT molecular complexity index is 574. The van der Waals surface area contributed by atoms with Gasteiger partial charge < -0.3 is 10.1 Å². The van der Waals surface area contributed by atoms with Gasteiger partial charge in [-0.25, -0.2) is 0 Å². The number of hydrogen-bond donors (Lipinski definition) is 1. The second-order valence-corrected chi connectivity index (χ2v) is 5.76. The molecule has 4 nitrogen and oxygen atoms in total. The molecule has 2 aromatic rings. The lowest BCUT2D eigenvalue weighted by Crippen LogP contribution is -2.34. The van der Waals surface area contributed by atoms with Crippen LogP contribution in [0.15, 0.2) is 30.5 Å². The predicted octanol–water partition coefficient (Wildman–Crippen LogP) is 3.16. The van der Waals surface area contributed by atoms with Crippen molar-refractivity contribution in [3.63, 3.8) is 0 Å². The molecule has 0 spiro atoms. The molecule has 0 fully saturated rings. The van der Waals surface area contributed by atoms with Crippen molar-refractivity contribution >= 4 is 0 Å². The summed E-state index contributed by atoms with van der Waals surface area (Å²) in [6.45, 7) is 9.06. The molecule has 1 aromatic carbocycles. The first-order valence-corrected chi connectivity index (χ1v) is 7.41. The van der Waals surface area contributed by atoms with Gasteiger partial charge in [0.25, 0.3) is 0 Å². The van der Waals surface area contributed by atoms with Gasteiger partial charge in [-0.2, -0.15) is 5.10 Å². The van der Waals surface area contributed by atoms with E-state index >= 15 is 0 Å². The van der Waals surface area contributed by atoms with Gasteiger partial charge in [-0.3, -0.25) is 4.68 Å². The molecule has 0 amide bonds. The Balaban J connectivity index is 1.85. The highest BCUT2D eigenvalue weighted by atomic mass is 16.5. The summed E-state index contributed by atoms with van der Waals surface area (Å²) in [5.74, 6) is 0.916. The van der Waals surface area contributed by atoms with Crippen LogP contribution in [0.4, 0.5) is 0 Å². The molecule has 0 radical (unpaired) electrons. The van der Waals surface area contributed by atoms with E-state index in [4.69, 9.17) is 4.74 Å². The van der Waals surface area contributed by atoms with Crippen LogP contribution in [-0.2, 0) is 7.05 Å². The van der Waals surface area contributed by atoms with Crippen molar-refractivity contribution in [3.8, 4) is 5.75 Å². The molecule has 0 aliphatic rings. The van der Waals surface area contributed by atoms with Gasteiger partial charge in [0.05, 0.1) is 5.69 Å². The minimum absolute atomic E-state index is 0.260. The third-order valence-corrected chi connectivity index (χ3v) is 3.57. The number of benzene rings is 1. The number of aryl methyl sites for hydroxylation is 3. The Kier molecular flexibility index (Phi) is 5.02. The van der Waals surface area contributed by atoms with Gasteiger partial charge >= 0.3 is 0 Å². The van der Waals surface area contributed by atoms with Crippen molar-refractivity contribution in [1.29, 1.82) is 0 Å². The molecule has 0 bridgehead atoms. The van der Waals surface area contributed by atoms with Crippen LogP contribution < -0.4 is 10.1 Å². The molecule has 1 N–H and O–H groups in total. The maximum atomic E-state index is 5.81. The second-order valence-electron chi connectivity index (χ2n) is 5.76. The van der Waals surface area contributed by atoms with E-state index in [-0.39, 0.29) is 12.1 Å². The van der Waals surface area contributed by atoms with Gasteiger partial charge in [-0.05, 0) is 39.8 Å². The van der Waals surface area contributed by atoms with Crippen LogP contribution in [0.25, 0.3) is 0 Å². The number of hydrogen-bond acceptors (Lipinski definition) is 3. The Hall–Kier alpha value is -1.81. The lowest BCUT2D eigenvalue weighted by molar-refractivity contribution is 0.264. The molecule has 2 atom stereocenters. The highest BCUT2D eigenvalue weighted by molar-refractivity contribution is 5.26. The Morgan fingerprint density at radius 2 is 1.86 bits per heavy atom. The molecule has 1 heterocycles. The first-order valence-electron chi connectivity index (χ1n) is 7.41. The zero-order valence-corrected chi connectivity index (χ0v) is 13.6. The molecular formula is C17H25N3O. The lowest BCUT2D eigenvalue weighted by atomic mass is 10.1. The van der Waals surface area contributed by atoms with Gasteiger partial charge in [0.1, 0.15) is 12.4 Å². The van der Waals surface area contributed by atoms with Gasteiger partial charge in [0.2, 0.25) is 0 Å². The smallest absolute Gasteiger partial charge is 0.119 e. The summed E-state index contributed by atoms with van der Waals surface area (Å²) >= 11 is 0. The average molecular weight is 287 g/mol. The van der Waals surface area contributed by atoms with Crippen molar-refractivity contribution in [2.24, 2.45) is 7.05 Å². The van der Waals surface area contributed by atoms with Crippen molar-refractivity contribution in [3.05, 3.63) is 47.3 Å². The maximum Gasteiger partial charge on any atom is 0.119 e. The van der Waals surface area contributed by atoms with Crippen LogP contribution in [0.1, 0.15) is 36.7 Å². The van der Waals surface area contributed by atoms with Gasteiger partial charge in [-0.15, -0.1) is 0 Å². The highest BCUT2D eigenvalue weighted by Gasteiger charge is 2.14. The van der Waals surface area contributed by atoms with E-state index < -0.39 is 0 Å². The molecule has 114 valence electrons. The zero-order chi connectivity index (χ0) is 15.4. The van der Waals surface area contributed by atoms with Crippen LogP contribution in [0.3, 0.4) is 0 Å².